The molecule has 0 saturated carbocycles. The number of benzene rings is 3. The van der Waals surface area contributed by atoms with Gasteiger partial charge in [0.2, 0.25) is 6.79 Å². The highest BCUT2D eigenvalue weighted by molar-refractivity contribution is 5.99. The second-order valence-corrected chi connectivity index (χ2v) is 10.1. The molecule has 1 aliphatic rings. The molecule has 0 aromatic heterocycles. The Balaban J connectivity index is 1.69. The molecule has 0 unspecified atom stereocenters. The summed E-state index contributed by atoms with van der Waals surface area (Å²) in [6.07, 6.45) is 0.904. The summed E-state index contributed by atoms with van der Waals surface area (Å²) in [5, 5.41) is 9.97. The molecule has 6 heteroatoms. The molecule has 0 fully saturated rings. The molecule has 1 heterocycles. The predicted molar refractivity (Wildman–Crippen MR) is 163 cm³/mol. The number of fused-ring (bicyclic) bond motifs is 1. The lowest BCUT2D eigenvalue weighted by molar-refractivity contribution is 0.0989. The van der Waals surface area contributed by atoms with E-state index in [0.29, 0.717) is 0 Å². The van der Waals surface area contributed by atoms with Gasteiger partial charge in [0.05, 0.1) is 0 Å². The maximum Gasteiger partial charge on any atom is 0.231 e. The monoisotopic (exact) mass is 544 g/mol. The number of likely N-dealkylation sites (N-methyl/N-ethyl adjacent to an activating group) is 2. The molecule has 4 rings (SSSR count). The lowest BCUT2D eigenvalue weighted by Crippen LogP contribution is -2.43. The van der Waals surface area contributed by atoms with Gasteiger partial charge in [-0.25, -0.2) is 0 Å². The third-order valence-electron chi connectivity index (χ3n) is 7.69. The van der Waals surface area contributed by atoms with Crippen LogP contribution in [0.25, 0.3) is 11.1 Å². The van der Waals surface area contributed by atoms with E-state index in [9.17, 15) is 5.11 Å². The van der Waals surface area contributed by atoms with Gasteiger partial charge in [0.1, 0.15) is 17.6 Å². The van der Waals surface area contributed by atoms with E-state index in [1.54, 1.807) is 12.1 Å². The molecular weight excluding hydrogens is 500 g/mol. The van der Waals surface area contributed by atoms with E-state index >= 15 is 0 Å². The van der Waals surface area contributed by atoms with E-state index in [1.807, 2.05) is 18.2 Å². The van der Waals surface area contributed by atoms with Crippen LogP contribution in [-0.2, 0) is 0 Å². The number of nitrogens with zero attached hydrogens (tertiary/aromatic N) is 2. The fourth-order valence-corrected chi connectivity index (χ4v) is 5.32. The second-order valence-electron chi connectivity index (χ2n) is 10.1. The summed E-state index contributed by atoms with van der Waals surface area (Å²) >= 11 is 0. The summed E-state index contributed by atoms with van der Waals surface area (Å²) in [7, 11) is 0. The first-order chi connectivity index (χ1) is 19.5. The Kier molecular flexibility index (Phi) is 10.5. The molecule has 0 spiro atoms. The van der Waals surface area contributed by atoms with Crippen LogP contribution in [0.5, 0.6) is 23.0 Å². The molecule has 0 atom stereocenters. The summed E-state index contributed by atoms with van der Waals surface area (Å²) in [5.41, 5.74) is 5.54. The highest BCUT2D eigenvalue weighted by Crippen LogP contribution is 2.40. The van der Waals surface area contributed by atoms with Crippen molar-refractivity contribution in [2.75, 3.05) is 46.1 Å². The molecular formula is C34H44N2O4. The second kappa shape index (κ2) is 14.2. The highest BCUT2D eigenvalue weighted by Gasteiger charge is 2.20. The van der Waals surface area contributed by atoms with Crippen molar-refractivity contribution in [2.45, 2.75) is 47.1 Å². The van der Waals surface area contributed by atoms with Gasteiger partial charge in [0.15, 0.2) is 11.5 Å². The van der Waals surface area contributed by atoms with Crippen LogP contribution in [0, 0.1) is 0 Å². The fraction of sp³-hybridized carbons (Fsp3) is 0.412. The van der Waals surface area contributed by atoms with Gasteiger partial charge in [0.25, 0.3) is 0 Å². The zero-order chi connectivity index (χ0) is 28.5. The minimum absolute atomic E-state index is 0.0811. The van der Waals surface area contributed by atoms with E-state index in [4.69, 9.17) is 14.2 Å². The zero-order valence-corrected chi connectivity index (χ0v) is 24.7. The number of rotatable bonds is 14. The molecule has 3 aromatic rings. The largest absolute Gasteiger partial charge is 0.508 e. The summed E-state index contributed by atoms with van der Waals surface area (Å²) in [5.74, 6) is 2.67. The Morgan fingerprint density at radius 2 is 1.25 bits per heavy atom. The summed E-state index contributed by atoms with van der Waals surface area (Å²) < 4.78 is 17.8. The number of hydrogen-bond acceptors (Lipinski definition) is 6. The van der Waals surface area contributed by atoms with Crippen LogP contribution in [0.1, 0.15) is 57.7 Å². The Bertz CT molecular complexity index is 1230. The standard InChI is InChI=1S/C34H44N2O4/c1-6-31(27-15-20-32-33(21-27)39-24-38-32)34(25-11-16-28(37)17-12-25)26-13-18-29(19-14-26)40-30(22-35(7-2)8-3)23-36(9-4)10-5/h11-21,30,37H,6-10,22-24H2,1-5H3. The third-order valence-corrected chi connectivity index (χ3v) is 7.69. The van der Waals surface area contributed by atoms with Crippen molar-refractivity contribution in [3.63, 3.8) is 0 Å². The maximum atomic E-state index is 9.97. The van der Waals surface area contributed by atoms with Gasteiger partial charge in [-0.15, -0.1) is 0 Å². The van der Waals surface area contributed by atoms with Crippen molar-refractivity contribution < 1.29 is 19.3 Å². The third kappa shape index (κ3) is 7.18. The van der Waals surface area contributed by atoms with Crippen LogP contribution in [0.4, 0.5) is 0 Å². The molecule has 0 aliphatic carbocycles. The molecule has 3 aromatic carbocycles. The molecule has 1 N–H and O–H groups in total. The fourth-order valence-electron chi connectivity index (χ4n) is 5.32. The van der Waals surface area contributed by atoms with Crippen molar-refractivity contribution in [1.29, 1.82) is 0 Å². The Morgan fingerprint density at radius 1 is 0.725 bits per heavy atom. The first-order valence-electron chi connectivity index (χ1n) is 14.6. The van der Waals surface area contributed by atoms with E-state index < -0.39 is 0 Å². The van der Waals surface area contributed by atoms with Crippen LogP contribution in [0.2, 0.25) is 0 Å². The van der Waals surface area contributed by atoms with Gasteiger partial charge < -0.3 is 29.1 Å². The van der Waals surface area contributed by atoms with E-state index in [2.05, 4.69) is 80.8 Å². The van der Waals surface area contributed by atoms with Crippen LogP contribution < -0.4 is 14.2 Å². The number of ether oxygens (including phenoxy) is 3. The van der Waals surface area contributed by atoms with Crippen LogP contribution >= 0.6 is 0 Å². The zero-order valence-electron chi connectivity index (χ0n) is 24.7. The summed E-state index contributed by atoms with van der Waals surface area (Å²) in [6, 6.07) is 22.0. The van der Waals surface area contributed by atoms with Crippen molar-refractivity contribution >= 4 is 11.1 Å². The van der Waals surface area contributed by atoms with Crippen LogP contribution in [-0.4, -0.2) is 67.1 Å². The number of phenolic OH excluding ortho intramolecular Hbond substituents is 1. The SMILES string of the molecule is CCC(=C(c1ccc(O)cc1)c1ccc(OC(CN(CC)CC)CN(CC)CC)cc1)c1ccc2c(c1)OCO2. The molecule has 0 radical (unpaired) electrons. The minimum Gasteiger partial charge on any atom is -0.508 e. The number of allylic oxidation sites excluding steroid dienone is 1. The maximum absolute atomic E-state index is 9.97. The molecule has 40 heavy (non-hydrogen) atoms. The molecule has 1 aliphatic heterocycles. The van der Waals surface area contributed by atoms with E-state index in [1.165, 1.54) is 5.57 Å². The predicted octanol–water partition coefficient (Wildman–Crippen LogP) is 6.92. The first kappa shape index (κ1) is 29.5. The lowest BCUT2D eigenvalue weighted by Gasteiger charge is -2.30. The van der Waals surface area contributed by atoms with Crippen molar-refractivity contribution in [2.24, 2.45) is 0 Å². The molecule has 0 saturated heterocycles. The van der Waals surface area contributed by atoms with Gasteiger partial charge in [-0.1, -0.05) is 65.0 Å². The van der Waals surface area contributed by atoms with Gasteiger partial charge in [-0.2, -0.15) is 0 Å². The quantitative estimate of drug-likeness (QED) is 0.222. The van der Waals surface area contributed by atoms with Gasteiger partial charge in [-0.3, -0.25) is 0 Å². The van der Waals surface area contributed by atoms with Crippen molar-refractivity contribution in [3.8, 4) is 23.0 Å². The molecule has 0 bridgehead atoms. The Labute approximate surface area is 239 Å². The number of hydrogen-bond donors (Lipinski definition) is 1. The highest BCUT2D eigenvalue weighted by atomic mass is 16.7. The summed E-state index contributed by atoms with van der Waals surface area (Å²) in [4.78, 5) is 4.85. The first-order valence-corrected chi connectivity index (χ1v) is 14.6. The number of aromatic hydroxyl groups is 1. The Morgan fingerprint density at radius 3 is 1.80 bits per heavy atom. The minimum atomic E-state index is 0.0811. The smallest absolute Gasteiger partial charge is 0.231 e. The average Bonchev–Trinajstić information content (AvgIpc) is 3.46. The molecule has 0 amide bonds. The van der Waals surface area contributed by atoms with E-state index in [-0.39, 0.29) is 18.6 Å². The number of phenols is 1. The van der Waals surface area contributed by atoms with Crippen LogP contribution in [0.15, 0.2) is 66.7 Å². The normalized spacial score (nSPS) is 13.3. The lowest BCUT2D eigenvalue weighted by atomic mass is 9.88. The Hall–Kier alpha value is -3.48. The summed E-state index contributed by atoms with van der Waals surface area (Å²) in [6.45, 7) is 17.1. The molecule has 214 valence electrons. The topological polar surface area (TPSA) is 54.4 Å². The van der Waals surface area contributed by atoms with Gasteiger partial charge in [-0.05, 0) is 96.8 Å². The van der Waals surface area contributed by atoms with Gasteiger partial charge in [0, 0.05) is 13.1 Å². The average molecular weight is 545 g/mol. The van der Waals surface area contributed by atoms with Crippen LogP contribution in [0.3, 0.4) is 0 Å². The van der Waals surface area contributed by atoms with E-state index in [0.717, 1.165) is 85.2 Å². The molecule has 6 nitrogen and oxygen atoms in total. The van der Waals surface area contributed by atoms with Gasteiger partial charge >= 0.3 is 0 Å². The van der Waals surface area contributed by atoms with Crippen molar-refractivity contribution in [1.82, 2.24) is 9.80 Å². The van der Waals surface area contributed by atoms with Crippen molar-refractivity contribution in [3.05, 3.63) is 83.4 Å².